The number of nitrogens with one attached hydrogen (secondary N) is 1. The fourth-order valence-electron chi connectivity index (χ4n) is 1.66. The lowest BCUT2D eigenvalue weighted by Gasteiger charge is -2.19. The van der Waals surface area contributed by atoms with Gasteiger partial charge in [0.1, 0.15) is 11.4 Å². The number of hydrazine groups is 1. The van der Waals surface area contributed by atoms with Crippen LogP contribution in [0.1, 0.15) is 31.5 Å². The topological polar surface area (TPSA) is 69.4 Å². The molecule has 3 N–H and O–H groups in total. The summed E-state index contributed by atoms with van der Waals surface area (Å²) in [5.41, 5.74) is 3.61. The molecule has 0 amide bonds. The second-order valence-corrected chi connectivity index (χ2v) is 3.93. The summed E-state index contributed by atoms with van der Waals surface area (Å²) in [6.07, 6.45) is 3.70. The minimum Gasteiger partial charge on any atom is -0.495 e. The third kappa shape index (κ3) is 3.96. The lowest BCUT2D eigenvalue weighted by molar-refractivity contribution is 0.106. The van der Waals surface area contributed by atoms with E-state index in [1.807, 2.05) is 19.1 Å². The van der Waals surface area contributed by atoms with E-state index in [4.69, 9.17) is 15.3 Å². The number of hydrogen-bond donors (Lipinski definition) is 2. The standard InChI is InChI=1S/C12H21N3O2/c1-9(16-2)6-7-10(15-13)12-11(17-3)5-4-8-14-12/h4-5,8-10,15H,6-7,13H2,1-3H3. The van der Waals surface area contributed by atoms with Crippen molar-refractivity contribution in [1.29, 1.82) is 0 Å². The molecular formula is C12H21N3O2. The van der Waals surface area contributed by atoms with Gasteiger partial charge in [0.2, 0.25) is 0 Å². The maximum absolute atomic E-state index is 5.57. The summed E-state index contributed by atoms with van der Waals surface area (Å²) in [7, 11) is 3.34. The van der Waals surface area contributed by atoms with E-state index >= 15 is 0 Å². The van der Waals surface area contributed by atoms with Crippen LogP contribution in [0.25, 0.3) is 0 Å². The van der Waals surface area contributed by atoms with Gasteiger partial charge in [0.05, 0.1) is 19.3 Å². The fraction of sp³-hybridized carbons (Fsp3) is 0.583. The molecule has 2 atom stereocenters. The highest BCUT2D eigenvalue weighted by Gasteiger charge is 2.16. The van der Waals surface area contributed by atoms with Gasteiger partial charge in [-0.25, -0.2) is 0 Å². The van der Waals surface area contributed by atoms with Gasteiger partial charge in [0, 0.05) is 13.3 Å². The van der Waals surface area contributed by atoms with E-state index in [2.05, 4.69) is 10.4 Å². The van der Waals surface area contributed by atoms with E-state index in [9.17, 15) is 0 Å². The molecule has 5 nitrogen and oxygen atoms in total. The van der Waals surface area contributed by atoms with Crippen molar-refractivity contribution in [3.05, 3.63) is 24.0 Å². The Morgan fingerprint density at radius 2 is 2.18 bits per heavy atom. The fourth-order valence-corrected chi connectivity index (χ4v) is 1.66. The summed E-state index contributed by atoms with van der Waals surface area (Å²) in [5, 5.41) is 0. The van der Waals surface area contributed by atoms with Crippen molar-refractivity contribution in [2.24, 2.45) is 5.84 Å². The quantitative estimate of drug-likeness (QED) is 0.556. The molecule has 1 aromatic rings. The van der Waals surface area contributed by atoms with Crippen LogP contribution >= 0.6 is 0 Å². The van der Waals surface area contributed by atoms with E-state index in [0.717, 1.165) is 24.3 Å². The number of nitrogens with zero attached hydrogens (tertiary/aromatic N) is 1. The Labute approximate surface area is 102 Å². The van der Waals surface area contributed by atoms with Crippen molar-refractivity contribution < 1.29 is 9.47 Å². The Kier molecular flexibility index (Phi) is 5.90. The van der Waals surface area contributed by atoms with Crippen molar-refractivity contribution in [2.45, 2.75) is 31.9 Å². The summed E-state index contributed by atoms with van der Waals surface area (Å²) in [4.78, 5) is 4.32. The summed E-state index contributed by atoms with van der Waals surface area (Å²) in [6, 6.07) is 3.70. The van der Waals surface area contributed by atoms with E-state index in [1.165, 1.54) is 0 Å². The van der Waals surface area contributed by atoms with Gasteiger partial charge in [0.25, 0.3) is 0 Å². The van der Waals surface area contributed by atoms with Gasteiger partial charge in [-0.05, 0) is 31.9 Å². The summed E-state index contributed by atoms with van der Waals surface area (Å²) < 4.78 is 10.5. The van der Waals surface area contributed by atoms with Crippen LogP contribution in [0, 0.1) is 0 Å². The number of nitrogens with two attached hydrogens (primary N) is 1. The molecule has 5 heteroatoms. The molecule has 1 heterocycles. The van der Waals surface area contributed by atoms with Crippen molar-refractivity contribution in [1.82, 2.24) is 10.4 Å². The third-order valence-electron chi connectivity index (χ3n) is 2.82. The van der Waals surface area contributed by atoms with Crippen LogP contribution in [0.2, 0.25) is 0 Å². The Balaban J connectivity index is 2.72. The second-order valence-electron chi connectivity index (χ2n) is 3.93. The van der Waals surface area contributed by atoms with Crippen molar-refractivity contribution in [3.8, 4) is 5.75 Å². The minimum absolute atomic E-state index is 0.0243. The predicted octanol–water partition coefficient (Wildman–Crippen LogP) is 1.41. The highest BCUT2D eigenvalue weighted by atomic mass is 16.5. The molecular weight excluding hydrogens is 218 g/mol. The zero-order valence-electron chi connectivity index (χ0n) is 10.6. The van der Waals surface area contributed by atoms with Crippen LogP contribution in [-0.2, 0) is 4.74 Å². The minimum atomic E-state index is -0.0243. The van der Waals surface area contributed by atoms with E-state index in [1.54, 1.807) is 20.4 Å². The lowest BCUT2D eigenvalue weighted by Crippen LogP contribution is -2.29. The summed E-state index contributed by atoms with van der Waals surface area (Å²) in [5.74, 6) is 6.32. The molecule has 1 rings (SSSR count). The Bertz CT molecular complexity index is 333. The van der Waals surface area contributed by atoms with Crippen LogP contribution in [0.4, 0.5) is 0 Å². The Morgan fingerprint density at radius 3 is 2.76 bits per heavy atom. The van der Waals surface area contributed by atoms with E-state index < -0.39 is 0 Å². The number of aromatic nitrogens is 1. The van der Waals surface area contributed by atoms with Gasteiger partial charge in [-0.1, -0.05) is 0 Å². The van der Waals surface area contributed by atoms with Crippen molar-refractivity contribution in [3.63, 3.8) is 0 Å². The van der Waals surface area contributed by atoms with Crippen molar-refractivity contribution >= 4 is 0 Å². The van der Waals surface area contributed by atoms with Crippen LogP contribution < -0.4 is 16.0 Å². The molecule has 0 aromatic carbocycles. The monoisotopic (exact) mass is 239 g/mol. The molecule has 0 bridgehead atoms. The zero-order valence-corrected chi connectivity index (χ0v) is 10.6. The molecule has 0 aliphatic rings. The van der Waals surface area contributed by atoms with Crippen LogP contribution in [0.15, 0.2) is 18.3 Å². The normalized spacial score (nSPS) is 14.4. The Hall–Kier alpha value is -1.17. The highest BCUT2D eigenvalue weighted by Crippen LogP contribution is 2.25. The van der Waals surface area contributed by atoms with E-state index in [0.29, 0.717) is 0 Å². The van der Waals surface area contributed by atoms with E-state index in [-0.39, 0.29) is 12.1 Å². The maximum Gasteiger partial charge on any atom is 0.142 e. The average Bonchev–Trinajstić information content (AvgIpc) is 2.39. The van der Waals surface area contributed by atoms with Gasteiger partial charge < -0.3 is 9.47 Å². The first-order valence-electron chi connectivity index (χ1n) is 5.70. The van der Waals surface area contributed by atoms with Crippen LogP contribution in [0.3, 0.4) is 0 Å². The molecule has 17 heavy (non-hydrogen) atoms. The number of pyridine rings is 1. The first-order valence-corrected chi connectivity index (χ1v) is 5.70. The second kappa shape index (κ2) is 7.21. The molecule has 0 fully saturated rings. The lowest BCUT2D eigenvalue weighted by atomic mass is 10.0. The van der Waals surface area contributed by atoms with Gasteiger partial charge >= 0.3 is 0 Å². The molecule has 96 valence electrons. The molecule has 0 aliphatic heterocycles. The molecule has 0 aliphatic carbocycles. The molecule has 2 unspecified atom stereocenters. The molecule has 0 radical (unpaired) electrons. The number of hydrogen-bond acceptors (Lipinski definition) is 5. The van der Waals surface area contributed by atoms with Gasteiger partial charge in [-0.2, -0.15) is 0 Å². The third-order valence-corrected chi connectivity index (χ3v) is 2.82. The zero-order chi connectivity index (χ0) is 12.7. The van der Waals surface area contributed by atoms with Crippen LogP contribution in [0.5, 0.6) is 5.75 Å². The van der Waals surface area contributed by atoms with Crippen LogP contribution in [-0.4, -0.2) is 25.3 Å². The first kappa shape index (κ1) is 13.9. The van der Waals surface area contributed by atoms with Gasteiger partial charge in [-0.3, -0.25) is 16.3 Å². The summed E-state index contributed by atoms with van der Waals surface area (Å²) in [6.45, 7) is 2.03. The van der Waals surface area contributed by atoms with Gasteiger partial charge in [-0.15, -0.1) is 0 Å². The summed E-state index contributed by atoms with van der Waals surface area (Å²) >= 11 is 0. The molecule has 0 saturated carbocycles. The maximum atomic E-state index is 5.57. The molecule has 0 saturated heterocycles. The SMILES string of the molecule is COc1cccnc1C(CCC(C)OC)NN. The molecule has 0 spiro atoms. The molecule has 1 aromatic heterocycles. The number of methoxy groups -OCH3 is 2. The van der Waals surface area contributed by atoms with Crippen molar-refractivity contribution in [2.75, 3.05) is 14.2 Å². The predicted molar refractivity (Wildman–Crippen MR) is 66.6 cm³/mol. The average molecular weight is 239 g/mol. The smallest absolute Gasteiger partial charge is 0.142 e. The number of ether oxygens (including phenoxy) is 2. The highest BCUT2D eigenvalue weighted by molar-refractivity contribution is 5.29. The van der Waals surface area contributed by atoms with Gasteiger partial charge in [0.15, 0.2) is 0 Å². The Morgan fingerprint density at radius 1 is 1.41 bits per heavy atom. The number of rotatable bonds is 7. The first-order chi connectivity index (χ1) is 8.22. The largest absolute Gasteiger partial charge is 0.495 e.